The van der Waals surface area contributed by atoms with Crippen LogP contribution < -0.4 is 5.32 Å². The lowest BCUT2D eigenvalue weighted by Crippen LogP contribution is -2.10. The van der Waals surface area contributed by atoms with Gasteiger partial charge in [0.1, 0.15) is 16.2 Å². The van der Waals surface area contributed by atoms with Gasteiger partial charge >= 0.3 is 0 Å². The van der Waals surface area contributed by atoms with Crippen LogP contribution in [0, 0.1) is 18.6 Å². The number of nitrogens with zero attached hydrogens (tertiary/aromatic N) is 1. The van der Waals surface area contributed by atoms with Crippen LogP contribution in [0.4, 0.5) is 14.5 Å². The Hall–Kier alpha value is -1.49. The Morgan fingerprint density at radius 3 is 2.68 bits per heavy atom. The minimum absolute atomic E-state index is 0.291. The second kappa shape index (κ2) is 5.65. The molecule has 2 rings (SSSR count). The SMILES string of the molecule is Cc1cc(F)c(C(C)Nc2cccnc2Br)cc1F. The molecule has 5 heteroatoms. The molecule has 1 aromatic carbocycles. The van der Waals surface area contributed by atoms with E-state index in [0.717, 1.165) is 5.69 Å². The van der Waals surface area contributed by atoms with E-state index in [1.807, 2.05) is 6.07 Å². The first-order chi connectivity index (χ1) is 8.99. The van der Waals surface area contributed by atoms with Gasteiger partial charge in [0, 0.05) is 11.8 Å². The largest absolute Gasteiger partial charge is 0.376 e. The summed E-state index contributed by atoms with van der Waals surface area (Å²) >= 11 is 3.30. The lowest BCUT2D eigenvalue weighted by Gasteiger charge is -2.17. The fourth-order valence-electron chi connectivity index (χ4n) is 1.80. The number of anilines is 1. The summed E-state index contributed by atoms with van der Waals surface area (Å²) in [5, 5.41) is 3.10. The van der Waals surface area contributed by atoms with Gasteiger partial charge in [-0.3, -0.25) is 0 Å². The Kier molecular flexibility index (Phi) is 4.14. The number of hydrogen-bond donors (Lipinski definition) is 1. The Balaban J connectivity index is 2.28. The van der Waals surface area contributed by atoms with Gasteiger partial charge in [-0.15, -0.1) is 0 Å². The summed E-state index contributed by atoms with van der Waals surface area (Å²) in [6, 6.07) is 5.66. The molecule has 100 valence electrons. The summed E-state index contributed by atoms with van der Waals surface area (Å²) in [6.07, 6.45) is 1.64. The zero-order chi connectivity index (χ0) is 14.0. The van der Waals surface area contributed by atoms with Crippen LogP contribution in [0.1, 0.15) is 24.1 Å². The maximum absolute atomic E-state index is 13.9. The van der Waals surface area contributed by atoms with E-state index in [4.69, 9.17) is 0 Å². The van der Waals surface area contributed by atoms with Gasteiger partial charge in [-0.25, -0.2) is 13.8 Å². The molecule has 0 saturated carbocycles. The highest BCUT2D eigenvalue weighted by atomic mass is 79.9. The molecule has 0 aliphatic heterocycles. The lowest BCUT2D eigenvalue weighted by atomic mass is 10.0. The summed E-state index contributed by atoms with van der Waals surface area (Å²) in [6.45, 7) is 3.31. The van der Waals surface area contributed by atoms with Crippen LogP contribution >= 0.6 is 15.9 Å². The molecule has 1 heterocycles. The quantitative estimate of drug-likeness (QED) is 0.833. The van der Waals surface area contributed by atoms with E-state index in [1.54, 1.807) is 19.2 Å². The summed E-state index contributed by atoms with van der Waals surface area (Å²) in [5.41, 5.74) is 1.32. The van der Waals surface area contributed by atoms with Crippen molar-refractivity contribution in [1.82, 2.24) is 4.98 Å². The third-order valence-electron chi connectivity index (χ3n) is 2.88. The van der Waals surface area contributed by atoms with Gasteiger partial charge in [0.25, 0.3) is 0 Å². The van der Waals surface area contributed by atoms with Crippen molar-refractivity contribution in [2.24, 2.45) is 0 Å². The van der Waals surface area contributed by atoms with Gasteiger partial charge in [0.2, 0.25) is 0 Å². The van der Waals surface area contributed by atoms with Gasteiger partial charge in [0.15, 0.2) is 0 Å². The molecule has 1 atom stereocenters. The standard InChI is InChI=1S/C14H13BrF2N2/c1-8-6-12(17)10(7-11(8)16)9(2)19-13-4-3-5-18-14(13)15/h3-7,9,19H,1-2H3. The van der Waals surface area contributed by atoms with Gasteiger partial charge in [-0.2, -0.15) is 0 Å². The monoisotopic (exact) mass is 326 g/mol. The maximum Gasteiger partial charge on any atom is 0.129 e. The predicted molar refractivity (Wildman–Crippen MR) is 75.1 cm³/mol. The van der Waals surface area contributed by atoms with Crippen molar-refractivity contribution in [1.29, 1.82) is 0 Å². The van der Waals surface area contributed by atoms with E-state index in [1.165, 1.54) is 19.1 Å². The van der Waals surface area contributed by atoms with Crippen LogP contribution in [0.5, 0.6) is 0 Å². The fraction of sp³-hybridized carbons (Fsp3) is 0.214. The smallest absolute Gasteiger partial charge is 0.129 e. The van der Waals surface area contributed by atoms with E-state index in [2.05, 4.69) is 26.2 Å². The minimum atomic E-state index is -0.418. The number of halogens is 3. The Labute approximate surface area is 119 Å². The number of nitrogens with one attached hydrogen (secondary N) is 1. The minimum Gasteiger partial charge on any atom is -0.376 e. The average Bonchev–Trinajstić information content (AvgIpc) is 2.36. The Morgan fingerprint density at radius 1 is 1.26 bits per heavy atom. The van der Waals surface area contributed by atoms with Crippen molar-refractivity contribution in [3.05, 3.63) is 57.8 Å². The number of pyridine rings is 1. The third kappa shape index (κ3) is 3.10. The number of aryl methyl sites for hydroxylation is 1. The first-order valence-corrected chi connectivity index (χ1v) is 6.61. The van der Waals surface area contributed by atoms with Crippen LogP contribution in [0.25, 0.3) is 0 Å². The van der Waals surface area contributed by atoms with Crippen LogP contribution in [-0.4, -0.2) is 4.98 Å². The van der Waals surface area contributed by atoms with E-state index < -0.39 is 11.6 Å². The normalized spacial score (nSPS) is 12.3. The second-order valence-corrected chi connectivity index (χ2v) is 5.08. The lowest BCUT2D eigenvalue weighted by molar-refractivity contribution is 0.571. The summed E-state index contributed by atoms with van der Waals surface area (Å²) in [4.78, 5) is 4.07. The molecule has 0 fully saturated rings. The van der Waals surface area contributed by atoms with Crippen molar-refractivity contribution < 1.29 is 8.78 Å². The highest BCUT2D eigenvalue weighted by Gasteiger charge is 2.14. The first kappa shape index (κ1) is 13.9. The zero-order valence-corrected chi connectivity index (χ0v) is 12.1. The number of hydrogen-bond acceptors (Lipinski definition) is 2. The molecule has 0 radical (unpaired) electrons. The van der Waals surface area contributed by atoms with Gasteiger partial charge < -0.3 is 5.32 Å². The van der Waals surface area contributed by atoms with Crippen molar-refractivity contribution >= 4 is 21.6 Å². The van der Waals surface area contributed by atoms with Crippen LogP contribution in [0.15, 0.2) is 35.1 Å². The molecule has 1 N–H and O–H groups in total. The second-order valence-electron chi connectivity index (χ2n) is 4.33. The van der Waals surface area contributed by atoms with Gasteiger partial charge in [-0.1, -0.05) is 0 Å². The van der Waals surface area contributed by atoms with Crippen molar-refractivity contribution in [2.45, 2.75) is 19.9 Å². The molecule has 0 bridgehead atoms. The number of rotatable bonds is 3. The van der Waals surface area contributed by atoms with Crippen molar-refractivity contribution in [3.8, 4) is 0 Å². The molecule has 19 heavy (non-hydrogen) atoms. The molecule has 2 nitrogen and oxygen atoms in total. The number of benzene rings is 1. The van der Waals surface area contributed by atoms with Crippen LogP contribution in [0.2, 0.25) is 0 Å². The molecule has 0 saturated heterocycles. The van der Waals surface area contributed by atoms with Crippen molar-refractivity contribution in [2.75, 3.05) is 5.32 Å². The molecule has 2 aromatic rings. The average molecular weight is 327 g/mol. The number of aromatic nitrogens is 1. The molecular formula is C14H13BrF2N2. The van der Waals surface area contributed by atoms with Gasteiger partial charge in [-0.05, 0) is 59.6 Å². The van der Waals surface area contributed by atoms with Crippen LogP contribution in [0.3, 0.4) is 0 Å². The first-order valence-electron chi connectivity index (χ1n) is 5.81. The Bertz CT molecular complexity index is 602. The molecule has 0 spiro atoms. The van der Waals surface area contributed by atoms with Gasteiger partial charge in [0.05, 0.1) is 11.7 Å². The van der Waals surface area contributed by atoms with E-state index in [9.17, 15) is 8.78 Å². The van der Waals surface area contributed by atoms with E-state index >= 15 is 0 Å². The van der Waals surface area contributed by atoms with Crippen LogP contribution in [-0.2, 0) is 0 Å². The highest BCUT2D eigenvalue weighted by molar-refractivity contribution is 9.10. The maximum atomic E-state index is 13.9. The molecular weight excluding hydrogens is 314 g/mol. The Morgan fingerprint density at radius 2 is 2.00 bits per heavy atom. The molecule has 0 aliphatic carbocycles. The highest BCUT2D eigenvalue weighted by Crippen LogP contribution is 2.27. The third-order valence-corrected chi connectivity index (χ3v) is 3.51. The molecule has 0 aliphatic rings. The molecule has 1 aromatic heterocycles. The summed E-state index contributed by atoms with van der Waals surface area (Å²) in [7, 11) is 0. The topological polar surface area (TPSA) is 24.9 Å². The zero-order valence-electron chi connectivity index (χ0n) is 10.5. The predicted octanol–water partition coefficient (Wildman–Crippen LogP) is 4.60. The van der Waals surface area contributed by atoms with Crippen molar-refractivity contribution in [3.63, 3.8) is 0 Å². The summed E-state index contributed by atoms with van der Waals surface area (Å²) in [5.74, 6) is -0.825. The summed E-state index contributed by atoms with van der Waals surface area (Å²) < 4.78 is 28.0. The van der Waals surface area contributed by atoms with E-state index in [-0.39, 0.29) is 6.04 Å². The molecule has 1 unspecified atom stereocenters. The fourth-order valence-corrected chi connectivity index (χ4v) is 2.16. The van der Waals surface area contributed by atoms with E-state index in [0.29, 0.717) is 15.7 Å². The molecule has 0 amide bonds.